The average molecular weight is 382 g/mol. The normalized spacial score (nSPS) is 16.5. The first kappa shape index (κ1) is 18.6. The number of ether oxygens (including phenoxy) is 2. The molecule has 2 aliphatic rings. The van der Waals surface area contributed by atoms with Crippen LogP contribution < -0.4 is 20.8 Å². The Morgan fingerprint density at radius 2 is 2.07 bits per heavy atom. The summed E-state index contributed by atoms with van der Waals surface area (Å²) in [5.41, 5.74) is 10.1. The van der Waals surface area contributed by atoms with Crippen LogP contribution in [-0.2, 0) is 22.5 Å². The average Bonchev–Trinajstić information content (AvgIpc) is 2.98. The monoisotopic (exact) mass is 382 g/mol. The molecular formula is C21H26N4O3. The number of fused-ring (bicyclic) bond motifs is 2. The standard InChI is InChI=1S/C21H26N4O3/c1-21(2,20(26)27-3)13-15-8-9-17-18(12-15)25(23-22-17)24-10-11-28-19-7-5-4-6-16(19)14-24/h4-9,12,22-23H,10-11,13-14H2,1-3H3. The van der Waals surface area contributed by atoms with Crippen molar-refractivity contribution in [1.29, 1.82) is 0 Å². The summed E-state index contributed by atoms with van der Waals surface area (Å²) in [6.07, 6.45) is 0.604. The molecule has 7 heteroatoms. The number of carbonyl (C=O) groups excluding carboxylic acids is 1. The van der Waals surface area contributed by atoms with Crippen molar-refractivity contribution in [3.05, 3.63) is 53.6 Å². The van der Waals surface area contributed by atoms with Crippen molar-refractivity contribution in [3.8, 4) is 5.75 Å². The number of carbonyl (C=O) groups is 1. The van der Waals surface area contributed by atoms with Crippen LogP contribution in [0.5, 0.6) is 5.75 Å². The number of benzene rings is 2. The Morgan fingerprint density at radius 3 is 2.89 bits per heavy atom. The summed E-state index contributed by atoms with van der Waals surface area (Å²) in [4.78, 5) is 12.1. The minimum Gasteiger partial charge on any atom is -0.492 e. The number of esters is 1. The lowest BCUT2D eigenvalue weighted by Gasteiger charge is -2.31. The number of rotatable bonds is 4. The molecule has 2 heterocycles. The molecule has 7 nitrogen and oxygen atoms in total. The van der Waals surface area contributed by atoms with E-state index in [1.165, 1.54) is 7.11 Å². The van der Waals surface area contributed by atoms with Crippen LogP contribution in [0.4, 0.5) is 11.4 Å². The molecule has 2 aromatic carbocycles. The summed E-state index contributed by atoms with van der Waals surface area (Å²) in [5, 5.41) is 4.23. The van der Waals surface area contributed by atoms with E-state index in [4.69, 9.17) is 9.47 Å². The first-order chi connectivity index (χ1) is 13.5. The highest BCUT2D eigenvalue weighted by molar-refractivity contribution is 5.77. The highest BCUT2D eigenvalue weighted by atomic mass is 16.5. The fraction of sp³-hybridized carbons (Fsp3) is 0.381. The topological polar surface area (TPSA) is 66.1 Å². The Bertz CT molecular complexity index is 884. The Labute approximate surface area is 165 Å². The van der Waals surface area contributed by atoms with Crippen LogP contribution in [0.1, 0.15) is 25.0 Å². The Hall–Kier alpha value is -2.77. The summed E-state index contributed by atoms with van der Waals surface area (Å²) >= 11 is 0. The van der Waals surface area contributed by atoms with Crippen molar-refractivity contribution in [2.24, 2.45) is 5.41 Å². The van der Waals surface area contributed by atoms with Gasteiger partial charge < -0.3 is 14.9 Å². The zero-order valence-corrected chi connectivity index (χ0v) is 16.5. The van der Waals surface area contributed by atoms with Gasteiger partial charge in [-0.15, -0.1) is 5.53 Å². The van der Waals surface area contributed by atoms with Crippen LogP contribution in [0.3, 0.4) is 0 Å². The lowest BCUT2D eigenvalue weighted by Crippen LogP contribution is -2.50. The van der Waals surface area contributed by atoms with Gasteiger partial charge in [0, 0.05) is 12.1 Å². The lowest BCUT2D eigenvalue weighted by molar-refractivity contribution is -0.150. The predicted molar refractivity (Wildman–Crippen MR) is 108 cm³/mol. The molecule has 0 atom stereocenters. The van der Waals surface area contributed by atoms with Gasteiger partial charge in [-0.05, 0) is 44.0 Å². The third kappa shape index (κ3) is 3.50. The fourth-order valence-electron chi connectivity index (χ4n) is 3.71. The molecule has 0 radical (unpaired) electrons. The molecule has 28 heavy (non-hydrogen) atoms. The van der Waals surface area contributed by atoms with Gasteiger partial charge in [-0.1, -0.05) is 24.3 Å². The molecule has 2 aromatic rings. The van der Waals surface area contributed by atoms with Crippen molar-refractivity contribution in [2.45, 2.75) is 26.8 Å². The van der Waals surface area contributed by atoms with Crippen molar-refractivity contribution in [1.82, 2.24) is 10.5 Å². The van der Waals surface area contributed by atoms with Gasteiger partial charge in [0.25, 0.3) is 0 Å². The SMILES string of the molecule is COC(=O)C(C)(C)Cc1ccc2c(c1)N(N1CCOc3ccccc3C1)NN2. The van der Waals surface area contributed by atoms with Crippen LogP contribution in [-0.4, -0.2) is 31.2 Å². The maximum absolute atomic E-state index is 12.1. The Morgan fingerprint density at radius 1 is 1.25 bits per heavy atom. The quantitative estimate of drug-likeness (QED) is 0.788. The Balaban J connectivity index is 1.58. The minimum atomic E-state index is -0.581. The summed E-state index contributed by atoms with van der Waals surface area (Å²) in [5.74, 6) is 0.730. The van der Waals surface area contributed by atoms with Crippen molar-refractivity contribution in [2.75, 3.05) is 30.8 Å². The highest BCUT2D eigenvalue weighted by Crippen LogP contribution is 2.35. The molecule has 0 aromatic heterocycles. The highest BCUT2D eigenvalue weighted by Gasteiger charge is 2.31. The minimum absolute atomic E-state index is 0.206. The van der Waals surface area contributed by atoms with E-state index in [0.717, 1.165) is 41.3 Å². The summed E-state index contributed by atoms with van der Waals surface area (Å²) in [7, 11) is 1.43. The van der Waals surface area contributed by atoms with E-state index < -0.39 is 5.41 Å². The second-order valence-corrected chi connectivity index (χ2v) is 7.80. The molecule has 2 N–H and O–H groups in total. The van der Waals surface area contributed by atoms with Gasteiger partial charge in [0.15, 0.2) is 0 Å². The van der Waals surface area contributed by atoms with E-state index in [1.54, 1.807) is 0 Å². The third-order valence-electron chi connectivity index (χ3n) is 5.19. The number of nitrogens with zero attached hydrogens (tertiary/aromatic N) is 2. The molecule has 0 saturated heterocycles. The molecule has 0 unspecified atom stereocenters. The molecule has 4 rings (SSSR count). The summed E-state index contributed by atoms with van der Waals surface area (Å²) in [6.45, 7) is 5.91. The van der Waals surface area contributed by atoms with Gasteiger partial charge in [0.1, 0.15) is 12.4 Å². The first-order valence-corrected chi connectivity index (χ1v) is 9.47. The van der Waals surface area contributed by atoms with Gasteiger partial charge in [-0.25, -0.2) is 5.12 Å². The second-order valence-electron chi connectivity index (χ2n) is 7.80. The van der Waals surface area contributed by atoms with E-state index in [-0.39, 0.29) is 5.97 Å². The van der Waals surface area contributed by atoms with Gasteiger partial charge in [-0.2, -0.15) is 5.01 Å². The molecule has 0 aliphatic carbocycles. The number of para-hydroxylation sites is 1. The van der Waals surface area contributed by atoms with E-state index in [0.29, 0.717) is 13.0 Å². The number of methoxy groups -OCH3 is 1. The summed E-state index contributed by atoms with van der Waals surface area (Å²) < 4.78 is 10.8. The van der Waals surface area contributed by atoms with E-state index in [2.05, 4.69) is 28.1 Å². The molecule has 2 aliphatic heterocycles. The van der Waals surface area contributed by atoms with E-state index in [9.17, 15) is 4.79 Å². The van der Waals surface area contributed by atoms with Gasteiger partial charge in [0.2, 0.25) is 0 Å². The molecule has 0 bridgehead atoms. The van der Waals surface area contributed by atoms with Crippen molar-refractivity contribution in [3.63, 3.8) is 0 Å². The third-order valence-corrected chi connectivity index (χ3v) is 5.19. The van der Waals surface area contributed by atoms with Crippen LogP contribution in [0.15, 0.2) is 42.5 Å². The van der Waals surface area contributed by atoms with Crippen molar-refractivity contribution >= 4 is 17.3 Å². The molecular weight excluding hydrogens is 356 g/mol. The number of hydrazine groups is 3. The summed E-state index contributed by atoms with van der Waals surface area (Å²) in [6, 6.07) is 14.3. The second kappa shape index (κ2) is 7.33. The van der Waals surface area contributed by atoms with Crippen LogP contribution in [0, 0.1) is 5.41 Å². The molecule has 0 saturated carbocycles. The zero-order chi connectivity index (χ0) is 19.7. The van der Waals surface area contributed by atoms with Crippen LogP contribution in [0.2, 0.25) is 0 Å². The maximum atomic E-state index is 12.1. The predicted octanol–water partition coefficient (Wildman–Crippen LogP) is 2.89. The number of hydrogen-bond donors (Lipinski definition) is 2. The fourth-order valence-corrected chi connectivity index (χ4v) is 3.71. The van der Waals surface area contributed by atoms with Gasteiger partial charge >= 0.3 is 5.97 Å². The first-order valence-electron chi connectivity index (χ1n) is 9.47. The van der Waals surface area contributed by atoms with Gasteiger partial charge in [0.05, 0.1) is 30.4 Å². The molecule has 0 spiro atoms. The van der Waals surface area contributed by atoms with E-state index in [1.807, 2.05) is 49.3 Å². The smallest absolute Gasteiger partial charge is 0.311 e. The molecule has 148 valence electrons. The van der Waals surface area contributed by atoms with Gasteiger partial charge in [-0.3, -0.25) is 4.79 Å². The largest absolute Gasteiger partial charge is 0.492 e. The zero-order valence-electron chi connectivity index (χ0n) is 16.5. The van der Waals surface area contributed by atoms with Crippen LogP contribution >= 0.6 is 0 Å². The number of hydrogen-bond acceptors (Lipinski definition) is 7. The Kier molecular flexibility index (Phi) is 4.87. The number of nitrogens with one attached hydrogen (secondary N) is 2. The molecule has 0 fully saturated rings. The number of anilines is 2. The van der Waals surface area contributed by atoms with Crippen molar-refractivity contribution < 1.29 is 14.3 Å². The lowest BCUT2D eigenvalue weighted by atomic mass is 9.85. The van der Waals surface area contributed by atoms with E-state index >= 15 is 0 Å². The van der Waals surface area contributed by atoms with Crippen LogP contribution in [0.25, 0.3) is 0 Å². The molecule has 0 amide bonds. The maximum Gasteiger partial charge on any atom is 0.311 e.